The van der Waals surface area contributed by atoms with Crippen molar-refractivity contribution in [1.29, 1.82) is 0 Å². The largest absolute Gasteiger partial charge is 0.392 e. The highest BCUT2D eigenvalue weighted by Gasteiger charge is 2.25. The Labute approximate surface area is 186 Å². The van der Waals surface area contributed by atoms with Crippen molar-refractivity contribution in [3.63, 3.8) is 0 Å². The Bertz CT molecular complexity index is 1130. The number of aromatic nitrogens is 4. The van der Waals surface area contributed by atoms with Crippen molar-refractivity contribution in [2.45, 2.75) is 44.4 Å². The van der Waals surface area contributed by atoms with Crippen LogP contribution in [-0.2, 0) is 6.54 Å². The molecule has 5 rings (SSSR count). The summed E-state index contributed by atoms with van der Waals surface area (Å²) in [5.41, 5.74) is 2.99. The maximum absolute atomic E-state index is 12.6. The molecule has 4 N–H and O–H groups in total. The first kappa shape index (κ1) is 20.7. The number of fused-ring (bicyclic) bond motifs is 1. The fourth-order valence-electron chi connectivity index (χ4n) is 4.06. The number of β-amino-alcohol motifs (C(OH)–C–C–N with tert-alkyl or cyclic N) is 1. The molecule has 2 aliphatic rings. The highest BCUT2D eigenvalue weighted by atomic mass is 16.3. The van der Waals surface area contributed by atoms with Crippen LogP contribution < -0.4 is 16.0 Å². The number of nitrogens with zero attached hydrogens (tertiary/aromatic N) is 5. The first-order valence-electron chi connectivity index (χ1n) is 11.1. The molecule has 1 saturated carbocycles. The number of aliphatic hydroxyl groups excluding tert-OH is 1. The SMILES string of the molecule is CNc1nc(Nc2cccc(CN3CCCC(O)C3)c2)nc2c1ncn2C(=O)NC1CC1. The number of piperidine rings is 1. The van der Waals surface area contributed by atoms with Crippen LogP contribution in [0, 0.1) is 0 Å². The zero-order valence-corrected chi connectivity index (χ0v) is 18.1. The molecule has 1 unspecified atom stereocenters. The molecule has 1 aromatic carbocycles. The van der Waals surface area contributed by atoms with Crippen molar-refractivity contribution in [3.8, 4) is 0 Å². The number of nitrogens with one attached hydrogen (secondary N) is 3. The van der Waals surface area contributed by atoms with E-state index >= 15 is 0 Å². The van der Waals surface area contributed by atoms with Gasteiger partial charge in [0.1, 0.15) is 6.33 Å². The highest BCUT2D eigenvalue weighted by Crippen LogP contribution is 2.24. The van der Waals surface area contributed by atoms with Crippen molar-refractivity contribution >= 4 is 34.6 Å². The molecular formula is C22H28N8O2. The molecule has 32 heavy (non-hydrogen) atoms. The fraction of sp³-hybridized carbons (Fsp3) is 0.455. The number of aliphatic hydroxyl groups is 1. The molecule has 168 valence electrons. The molecule has 1 amide bonds. The predicted octanol–water partition coefficient (Wildman–Crippen LogP) is 2.29. The number of rotatable bonds is 6. The Balaban J connectivity index is 1.38. The molecular weight excluding hydrogens is 408 g/mol. The van der Waals surface area contributed by atoms with E-state index < -0.39 is 0 Å². The maximum atomic E-state index is 12.6. The van der Waals surface area contributed by atoms with Gasteiger partial charge in [-0.2, -0.15) is 9.97 Å². The smallest absolute Gasteiger partial charge is 0.328 e. The number of carbonyl (C=O) groups excluding carboxylic acids is 1. The van der Waals surface area contributed by atoms with E-state index in [1.807, 2.05) is 12.1 Å². The van der Waals surface area contributed by atoms with E-state index in [-0.39, 0.29) is 18.2 Å². The lowest BCUT2D eigenvalue weighted by Crippen LogP contribution is -2.37. The molecule has 1 aliphatic carbocycles. The van der Waals surface area contributed by atoms with E-state index in [9.17, 15) is 9.90 Å². The van der Waals surface area contributed by atoms with Crippen LogP contribution in [0.4, 0.5) is 22.2 Å². The minimum Gasteiger partial charge on any atom is -0.392 e. The number of hydrogen-bond acceptors (Lipinski definition) is 8. The second-order valence-corrected chi connectivity index (χ2v) is 8.51. The number of anilines is 3. The average molecular weight is 437 g/mol. The van der Waals surface area contributed by atoms with Crippen molar-refractivity contribution < 1.29 is 9.90 Å². The molecule has 3 aromatic rings. The summed E-state index contributed by atoms with van der Waals surface area (Å²) in [7, 11) is 1.77. The van der Waals surface area contributed by atoms with Gasteiger partial charge in [0, 0.05) is 31.9 Å². The summed E-state index contributed by atoms with van der Waals surface area (Å²) in [5, 5.41) is 19.2. The van der Waals surface area contributed by atoms with Crippen LogP contribution in [0.5, 0.6) is 0 Å². The van der Waals surface area contributed by atoms with E-state index in [0.29, 0.717) is 29.5 Å². The molecule has 0 bridgehead atoms. The molecule has 3 heterocycles. The average Bonchev–Trinajstić information content (AvgIpc) is 3.48. The van der Waals surface area contributed by atoms with E-state index in [1.165, 1.54) is 10.9 Å². The number of imidazole rings is 1. The first-order chi connectivity index (χ1) is 15.6. The molecule has 0 radical (unpaired) electrons. The summed E-state index contributed by atoms with van der Waals surface area (Å²) < 4.78 is 1.43. The van der Waals surface area contributed by atoms with E-state index in [4.69, 9.17) is 0 Å². The Hall–Kier alpha value is -3.24. The summed E-state index contributed by atoms with van der Waals surface area (Å²) in [6.07, 6.45) is 5.15. The van der Waals surface area contributed by atoms with Gasteiger partial charge in [0.25, 0.3) is 0 Å². The summed E-state index contributed by atoms with van der Waals surface area (Å²) in [4.78, 5) is 28.3. The number of hydrogen-bond donors (Lipinski definition) is 4. The van der Waals surface area contributed by atoms with Gasteiger partial charge >= 0.3 is 6.03 Å². The number of carbonyl (C=O) groups is 1. The summed E-state index contributed by atoms with van der Waals surface area (Å²) in [6, 6.07) is 8.09. The van der Waals surface area contributed by atoms with Crippen LogP contribution in [0.25, 0.3) is 11.2 Å². The fourth-order valence-corrected chi connectivity index (χ4v) is 4.06. The number of amides is 1. The van der Waals surface area contributed by atoms with Crippen molar-refractivity contribution in [1.82, 2.24) is 29.7 Å². The van der Waals surface area contributed by atoms with Crippen molar-refractivity contribution in [3.05, 3.63) is 36.2 Å². The lowest BCUT2D eigenvalue weighted by molar-refractivity contribution is 0.0668. The third-order valence-electron chi connectivity index (χ3n) is 5.83. The van der Waals surface area contributed by atoms with E-state index in [1.54, 1.807) is 7.05 Å². The molecule has 0 spiro atoms. The summed E-state index contributed by atoms with van der Waals surface area (Å²) in [5.74, 6) is 0.933. The Morgan fingerprint density at radius 1 is 1.25 bits per heavy atom. The molecule has 10 nitrogen and oxygen atoms in total. The van der Waals surface area contributed by atoms with Gasteiger partial charge in [0.05, 0.1) is 6.10 Å². The summed E-state index contributed by atoms with van der Waals surface area (Å²) in [6.45, 7) is 2.48. The molecule has 1 saturated heterocycles. The van der Waals surface area contributed by atoms with Crippen molar-refractivity contribution in [2.75, 3.05) is 30.8 Å². The number of benzene rings is 1. The Morgan fingerprint density at radius 2 is 2.12 bits per heavy atom. The normalized spacial score (nSPS) is 19.1. The van der Waals surface area contributed by atoms with Crippen molar-refractivity contribution in [2.24, 2.45) is 0 Å². The lowest BCUT2D eigenvalue weighted by Gasteiger charge is -2.30. The van der Waals surface area contributed by atoms with Gasteiger partial charge in [-0.3, -0.25) is 4.90 Å². The molecule has 2 aromatic heterocycles. The van der Waals surface area contributed by atoms with Crippen LogP contribution in [-0.4, -0.2) is 67.8 Å². The number of likely N-dealkylation sites (tertiary alicyclic amines) is 1. The second-order valence-electron chi connectivity index (χ2n) is 8.51. The quantitative estimate of drug-likeness (QED) is 0.465. The van der Waals surface area contributed by atoms with Gasteiger partial charge in [-0.15, -0.1) is 0 Å². The highest BCUT2D eigenvalue weighted by molar-refractivity contribution is 5.92. The Kier molecular flexibility index (Phi) is 5.62. The van der Waals surface area contributed by atoms with E-state index in [0.717, 1.165) is 50.0 Å². The molecule has 2 fully saturated rings. The third-order valence-corrected chi connectivity index (χ3v) is 5.83. The minimum atomic E-state index is -0.243. The van der Waals surface area contributed by atoms with Crippen LogP contribution in [0.1, 0.15) is 31.2 Å². The van der Waals surface area contributed by atoms with Crippen LogP contribution in [0.15, 0.2) is 30.6 Å². The Morgan fingerprint density at radius 3 is 2.91 bits per heavy atom. The van der Waals surface area contributed by atoms with Crippen LogP contribution >= 0.6 is 0 Å². The zero-order valence-electron chi connectivity index (χ0n) is 18.1. The predicted molar refractivity (Wildman–Crippen MR) is 122 cm³/mol. The third kappa shape index (κ3) is 4.51. The summed E-state index contributed by atoms with van der Waals surface area (Å²) >= 11 is 0. The van der Waals surface area contributed by atoms with Gasteiger partial charge in [-0.05, 0) is 49.9 Å². The zero-order chi connectivity index (χ0) is 22.1. The van der Waals surface area contributed by atoms with Crippen LogP contribution in [0.3, 0.4) is 0 Å². The van der Waals surface area contributed by atoms with E-state index in [2.05, 4.69) is 47.9 Å². The molecule has 10 heteroatoms. The maximum Gasteiger partial charge on any atom is 0.328 e. The van der Waals surface area contributed by atoms with Gasteiger partial charge < -0.3 is 21.1 Å². The monoisotopic (exact) mass is 436 g/mol. The second kappa shape index (κ2) is 8.71. The topological polar surface area (TPSA) is 120 Å². The van der Waals surface area contributed by atoms with Gasteiger partial charge in [-0.1, -0.05) is 12.1 Å². The van der Waals surface area contributed by atoms with Gasteiger partial charge in [0.2, 0.25) is 5.95 Å². The van der Waals surface area contributed by atoms with Gasteiger partial charge in [0.15, 0.2) is 17.0 Å². The lowest BCUT2D eigenvalue weighted by atomic mass is 10.1. The molecule has 1 aliphatic heterocycles. The minimum absolute atomic E-state index is 0.229. The first-order valence-corrected chi connectivity index (χ1v) is 11.1. The van der Waals surface area contributed by atoms with Gasteiger partial charge in [-0.25, -0.2) is 14.3 Å². The standard InChI is InChI=1S/C22H28N8O2/c1-23-19-18-20(30(13-24-18)22(32)26-15-7-8-15)28-21(27-19)25-16-5-2-4-14(10-16)11-29-9-3-6-17(31)12-29/h2,4-5,10,13,15,17,31H,3,6-9,11-12H2,1H3,(H,26,32)(H2,23,25,27,28). The molecule has 1 atom stereocenters. The van der Waals surface area contributed by atoms with Crippen LogP contribution in [0.2, 0.25) is 0 Å².